The molecule has 1 aromatic heterocycles. The summed E-state index contributed by atoms with van der Waals surface area (Å²) in [6.45, 7) is 11.9. The number of hydrogen-bond donors (Lipinski definition) is 0. The maximum absolute atomic E-state index is 13.3. The van der Waals surface area contributed by atoms with E-state index in [1.807, 2.05) is 34.6 Å². The number of nitro benzene ring substituents is 1. The summed E-state index contributed by atoms with van der Waals surface area (Å²) in [5, 5.41) is 15.7. The van der Waals surface area contributed by atoms with Crippen LogP contribution in [-0.2, 0) is 7.05 Å². The van der Waals surface area contributed by atoms with Gasteiger partial charge in [0.05, 0.1) is 23.3 Å². The standard InChI is InChI=1S/C21H27N3O4/c1-12(2)11-28-21-17(10-22-23(21)7)20(25)16-8-9-18(24(26)27)19(15(16)6)14(5)13(3)4/h8-10,12H,11H2,1-7H3. The summed E-state index contributed by atoms with van der Waals surface area (Å²) in [5.41, 5.74) is 3.57. The van der Waals surface area contributed by atoms with E-state index in [9.17, 15) is 14.9 Å². The van der Waals surface area contributed by atoms with Crippen molar-refractivity contribution in [2.24, 2.45) is 13.0 Å². The van der Waals surface area contributed by atoms with E-state index in [1.165, 1.54) is 23.0 Å². The fourth-order valence-corrected chi connectivity index (χ4v) is 2.96. The molecule has 0 atom stereocenters. The molecule has 1 aromatic carbocycles. The van der Waals surface area contributed by atoms with Crippen molar-refractivity contribution in [1.29, 1.82) is 0 Å². The summed E-state index contributed by atoms with van der Waals surface area (Å²) in [6, 6.07) is 2.91. The van der Waals surface area contributed by atoms with E-state index in [-0.39, 0.29) is 11.5 Å². The van der Waals surface area contributed by atoms with E-state index in [1.54, 1.807) is 14.0 Å². The lowest BCUT2D eigenvalue weighted by molar-refractivity contribution is -0.385. The Labute approximate surface area is 165 Å². The Morgan fingerprint density at radius 2 is 1.89 bits per heavy atom. The van der Waals surface area contributed by atoms with Gasteiger partial charge >= 0.3 is 0 Å². The third-order valence-corrected chi connectivity index (χ3v) is 4.69. The van der Waals surface area contributed by atoms with Crippen LogP contribution >= 0.6 is 0 Å². The second-order valence-corrected chi connectivity index (χ2v) is 7.54. The average Bonchev–Trinajstić information content (AvgIpc) is 2.98. The molecule has 0 radical (unpaired) electrons. The summed E-state index contributed by atoms with van der Waals surface area (Å²) in [5.74, 6) is 0.435. The van der Waals surface area contributed by atoms with Gasteiger partial charge in [0.1, 0.15) is 5.56 Å². The van der Waals surface area contributed by atoms with Crippen LogP contribution in [-0.4, -0.2) is 27.1 Å². The monoisotopic (exact) mass is 385 g/mol. The zero-order valence-corrected chi connectivity index (χ0v) is 17.5. The van der Waals surface area contributed by atoms with Crippen LogP contribution in [0.15, 0.2) is 23.9 Å². The maximum Gasteiger partial charge on any atom is 0.277 e. The van der Waals surface area contributed by atoms with Crippen molar-refractivity contribution in [3.05, 3.63) is 56.3 Å². The molecular weight excluding hydrogens is 358 g/mol. The van der Waals surface area contributed by atoms with Gasteiger partial charge in [-0.1, -0.05) is 19.4 Å². The molecule has 150 valence electrons. The molecule has 28 heavy (non-hydrogen) atoms. The Hall–Kier alpha value is -2.96. The van der Waals surface area contributed by atoms with E-state index >= 15 is 0 Å². The van der Waals surface area contributed by atoms with Crippen molar-refractivity contribution >= 4 is 17.0 Å². The van der Waals surface area contributed by atoms with Crippen LogP contribution in [0.4, 0.5) is 5.69 Å². The molecule has 0 unspecified atom stereocenters. The first-order valence-electron chi connectivity index (χ1n) is 9.18. The van der Waals surface area contributed by atoms with Gasteiger partial charge in [-0.2, -0.15) is 5.10 Å². The minimum atomic E-state index is -0.412. The number of nitro groups is 1. The number of ketones is 1. The summed E-state index contributed by atoms with van der Waals surface area (Å²) < 4.78 is 7.32. The van der Waals surface area contributed by atoms with Gasteiger partial charge in [0, 0.05) is 18.7 Å². The third kappa shape index (κ3) is 4.13. The van der Waals surface area contributed by atoms with Crippen LogP contribution in [0, 0.1) is 23.0 Å². The molecule has 0 spiro atoms. The highest BCUT2D eigenvalue weighted by molar-refractivity contribution is 6.12. The summed E-state index contributed by atoms with van der Waals surface area (Å²) >= 11 is 0. The number of benzene rings is 1. The molecule has 0 aliphatic rings. The fourth-order valence-electron chi connectivity index (χ4n) is 2.96. The first-order chi connectivity index (χ1) is 13.1. The predicted molar refractivity (Wildman–Crippen MR) is 109 cm³/mol. The highest BCUT2D eigenvalue weighted by Crippen LogP contribution is 2.34. The molecule has 0 bridgehead atoms. The average molecular weight is 385 g/mol. The smallest absolute Gasteiger partial charge is 0.277 e. The van der Waals surface area contributed by atoms with Crippen LogP contribution in [0.25, 0.3) is 5.57 Å². The first-order valence-corrected chi connectivity index (χ1v) is 9.18. The number of aromatic nitrogens is 2. The molecule has 2 aromatic rings. The van der Waals surface area contributed by atoms with Crippen molar-refractivity contribution in [1.82, 2.24) is 9.78 Å². The molecule has 0 N–H and O–H groups in total. The van der Waals surface area contributed by atoms with Crippen LogP contribution in [0.3, 0.4) is 0 Å². The summed E-state index contributed by atoms with van der Waals surface area (Å²) in [7, 11) is 1.72. The van der Waals surface area contributed by atoms with Crippen molar-refractivity contribution in [2.45, 2.75) is 41.5 Å². The minimum absolute atomic E-state index is 0.00443. The van der Waals surface area contributed by atoms with Crippen LogP contribution < -0.4 is 4.74 Å². The number of nitrogens with zero attached hydrogens (tertiary/aromatic N) is 3. The second-order valence-electron chi connectivity index (χ2n) is 7.54. The van der Waals surface area contributed by atoms with Gasteiger partial charge in [-0.3, -0.25) is 14.9 Å². The quantitative estimate of drug-likeness (QED) is 0.391. The number of ether oxygens (including phenoxy) is 1. The summed E-state index contributed by atoms with van der Waals surface area (Å²) in [6.07, 6.45) is 1.48. The number of allylic oxidation sites excluding steroid dienone is 2. The minimum Gasteiger partial charge on any atom is -0.477 e. The molecule has 0 saturated carbocycles. The Morgan fingerprint density at radius 3 is 2.43 bits per heavy atom. The number of rotatable bonds is 7. The lowest BCUT2D eigenvalue weighted by atomic mass is 9.90. The Bertz CT molecular complexity index is 951. The highest BCUT2D eigenvalue weighted by Gasteiger charge is 2.26. The molecule has 0 fully saturated rings. The summed E-state index contributed by atoms with van der Waals surface area (Å²) in [4.78, 5) is 24.4. The van der Waals surface area contributed by atoms with Gasteiger partial charge in [-0.15, -0.1) is 0 Å². The molecule has 0 amide bonds. The molecule has 7 nitrogen and oxygen atoms in total. The second kappa shape index (κ2) is 8.37. The van der Waals surface area contributed by atoms with Crippen molar-refractivity contribution < 1.29 is 14.5 Å². The zero-order chi connectivity index (χ0) is 21.2. The normalized spacial score (nSPS) is 10.9. The Kier molecular flexibility index (Phi) is 6.38. The van der Waals surface area contributed by atoms with E-state index in [0.29, 0.717) is 40.7 Å². The SMILES string of the molecule is CC(C)=C(C)c1c([N+](=O)[O-])ccc(C(=O)c2cnn(C)c2OCC(C)C)c1C. The molecule has 0 saturated heterocycles. The van der Waals surface area contributed by atoms with Crippen molar-refractivity contribution in [3.63, 3.8) is 0 Å². The largest absolute Gasteiger partial charge is 0.477 e. The van der Waals surface area contributed by atoms with Crippen molar-refractivity contribution in [3.8, 4) is 5.88 Å². The third-order valence-electron chi connectivity index (χ3n) is 4.69. The molecule has 7 heteroatoms. The topological polar surface area (TPSA) is 87.3 Å². The van der Waals surface area contributed by atoms with Crippen molar-refractivity contribution in [2.75, 3.05) is 6.61 Å². The Balaban J connectivity index is 2.61. The number of carbonyl (C=O) groups excluding carboxylic acids is 1. The van der Waals surface area contributed by atoms with E-state index < -0.39 is 4.92 Å². The zero-order valence-electron chi connectivity index (χ0n) is 17.5. The van der Waals surface area contributed by atoms with Crippen LogP contribution in [0.5, 0.6) is 5.88 Å². The lowest BCUT2D eigenvalue weighted by Crippen LogP contribution is -2.12. The van der Waals surface area contributed by atoms with Gasteiger partial charge in [0.15, 0.2) is 5.78 Å². The Morgan fingerprint density at radius 1 is 1.25 bits per heavy atom. The fraction of sp³-hybridized carbons (Fsp3) is 0.429. The number of aryl methyl sites for hydroxylation is 1. The maximum atomic E-state index is 13.3. The molecular formula is C21H27N3O4. The van der Waals surface area contributed by atoms with Gasteiger partial charge in [-0.05, 0) is 50.8 Å². The van der Waals surface area contributed by atoms with Crippen LogP contribution in [0.2, 0.25) is 0 Å². The van der Waals surface area contributed by atoms with Gasteiger partial charge in [-0.25, -0.2) is 4.68 Å². The number of carbonyl (C=O) groups is 1. The first kappa shape index (κ1) is 21.3. The van der Waals surface area contributed by atoms with Gasteiger partial charge in [0.25, 0.3) is 5.69 Å². The molecule has 1 heterocycles. The van der Waals surface area contributed by atoms with Gasteiger partial charge < -0.3 is 4.74 Å². The number of hydrogen-bond acceptors (Lipinski definition) is 5. The molecule has 0 aliphatic carbocycles. The van der Waals surface area contributed by atoms with Gasteiger partial charge in [0.2, 0.25) is 5.88 Å². The predicted octanol–water partition coefficient (Wildman–Crippen LogP) is 4.72. The van der Waals surface area contributed by atoms with Crippen LogP contribution in [0.1, 0.15) is 61.7 Å². The molecule has 0 aliphatic heterocycles. The van der Waals surface area contributed by atoms with E-state index in [2.05, 4.69) is 5.10 Å². The lowest BCUT2D eigenvalue weighted by Gasteiger charge is -2.14. The van der Waals surface area contributed by atoms with E-state index in [0.717, 1.165) is 11.1 Å². The highest BCUT2D eigenvalue weighted by atomic mass is 16.6. The van der Waals surface area contributed by atoms with E-state index in [4.69, 9.17) is 4.74 Å². The molecule has 2 rings (SSSR count).